The first-order valence-corrected chi connectivity index (χ1v) is 15.2. The summed E-state index contributed by atoms with van der Waals surface area (Å²) in [5, 5.41) is 76.0. The molecule has 3 saturated heterocycles. The van der Waals surface area contributed by atoms with Gasteiger partial charge < -0.3 is 57.7 Å². The van der Waals surface area contributed by atoms with Gasteiger partial charge >= 0.3 is 0 Å². The Kier molecular flexibility index (Phi) is 33.6. The van der Waals surface area contributed by atoms with E-state index >= 15 is 0 Å². The molecule has 34 nitrogen and oxygen atoms in total. The quantitative estimate of drug-likeness (QED) is 0.0219. The van der Waals surface area contributed by atoms with Crippen LogP contribution in [0.2, 0.25) is 0 Å². The average Bonchev–Trinajstić information content (AvgIpc) is 4.01. The maximum atomic E-state index is 10.1. The normalized spacial score (nSPS) is 17.3. The van der Waals surface area contributed by atoms with Crippen LogP contribution in [0.15, 0.2) is 58.3 Å². The molecule has 0 amide bonds. The molecular weight excluding hydrogens is 740 g/mol. The molecule has 0 bridgehead atoms. The van der Waals surface area contributed by atoms with Crippen molar-refractivity contribution in [1.82, 2.24) is 53.7 Å². The third-order valence-corrected chi connectivity index (χ3v) is 5.64. The van der Waals surface area contributed by atoms with Crippen molar-refractivity contribution in [3.8, 4) is 0 Å². The Morgan fingerprint density at radius 3 is 1.76 bits per heavy atom. The lowest BCUT2D eigenvalue weighted by molar-refractivity contribution is -0.711. The highest BCUT2D eigenvalue weighted by molar-refractivity contribution is 6.29. The number of nitrogens with two attached hydrogens (primary N) is 1. The van der Waals surface area contributed by atoms with Gasteiger partial charge in [-0.1, -0.05) is 10.9 Å². The predicted octanol–water partition coefficient (Wildman–Crippen LogP) is -6.82. The van der Waals surface area contributed by atoms with Crippen molar-refractivity contribution >= 4 is 17.9 Å². The number of hydrogen-bond acceptors (Lipinski definition) is 25. The Hall–Kier alpha value is -6.33. The van der Waals surface area contributed by atoms with Gasteiger partial charge in [0.05, 0.1) is 32.0 Å². The summed E-state index contributed by atoms with van der Waals surface area (Å²) in [7, 11) is 0. The Morgan fingerprint density at radius 1 is 0.833 bits per heavy atom. The minimum absolute atomic E-state index is 0.207. The van der Waals surface area contributed by atoms with Crippen LogP contribution in [-0.4, -0.2) is 112 Å². The van der Waals surface area contributed by atoms with Gasteiger partial charge in [0, 0.05) is 58.0 Å². The van der Waals surface area contributed by atoms with Crippen molar-refractivity contribution in [3.63, 3.8) is 0 Å². The van der Waals surface area contributed by atoms with Gasteiger partial charge in [-0.2, -0.15) is 10.7 Å². The van der Waals surface area contributed by atoms with E-state index in [1.54, 1.807) is 37.6 Å². The van der Waals surface area contributed by atoms with Crippen LogP contribution in [0.5, 0.6) is 0 Å². The number of hydrazone groups is 1. The Bertz CT molecular complexity index is 1150. The third-order valence-electron chi connectivity index (χ3n) is 5.64. The van der Waals surface area contributed by atoms with E-state index < -0.39 is 10.1 Å². The van der Waals surface area contributed by atoms with Crippen molar-refractivity contribution in [3.05, 3.63) is 51.5 Å². The molecule has 34 heteroatoms. The molecule has 0 saturated carbocycles. The zero-order chi connectivity index (χ0) is 40.7. The maximum absolute atomic E-state index is 10.1. The van der Waals surface area contributed by atoms with E-state index in [4.69, 9.17) is 19.6 Å². The van der Waals surface area contributed by atoms with E-state index in [2.05, 4.69) is 91.8 Å². The van der Waals surface area contributed by atoms with Gasteiger partial charge in [-0.25, -0.2) is 20.2 Å². The van der Waals surface area contributed by atoms with Crippen LogP contribution >= 0.6 is 0 Å². The second kappa shape index (κ2) is 36.5. The molecule has 0 radical (unpaired) electrons. The summed E-state index contributed by atoms with van der Waals surface area (Å²) < 4.78 is 0. The van der Waals surface area contributed by atoms with Crippen LogP contribution in [-0.2, 0) is 9.98 Å². The number of nitroso groups, excluding NO2 is 4. The van der Waals surface area contributed by atoms with E-state index in [1.165, 1.54) is 19.3 Å². The van der Waals surface area contributed by atoms with Crippen molar-refractivity contribution in [2.45, 2.75) is 26.2 Å². The highest BCUT2D eigenvalue weighted by atomic mass is 17.2. The van der Waals surface area contributed by atoms with E-state index in [-0.39, 0.29) is 11.6 Å². The fourth-order valence-electron chi connectivity index (χ4n) is 3.59. The van der Waals surface area contributed by atoms with Gasteiger partial charge in [0.1, 0.15) is 45.5 Å². The summed E-state index contributed by atoms with van der Waals surface area (Å²) in [4.78, 5) is 68.3. The molecule has 0 aromatic carbocycles. The van der Waals surface area contributed by atoms with Gasteiger partial charge in [-0.05, 0) is 6.92 Å². The molecular formula is C20H43N22O12-. The number of hydrazine groups is 2. The molecule has 0 aromatic heterocycles. The first kappa shape index (κ1) is 49.8. The highest BCUT2D eigenvalue weighted by Gasteiger charge is 2.19. The molecule has 0 spiro atoms. The zero-order valence-corrected chi connectivity index (χ0v) is 28.9. The molecule has 0 aliphatic carbocycles. The molecule has 5 heterocycles. The van der Waals surface area contributed by atoms with Crippen molar-refractivity contribution in [2.75, 3.05) is 72.0 Å². The Balaban J connectivity index is 0. The Morgan fingerprint density at radius 2 is 1.41 bits per heavy atom. The SMILES string of the molecule is CC1NCCN1.CC1NCC[NH2+]1.O=NN=O.O=NN=O.O=[N+]([O-])NC(N[N+](=O)[O-])=C1NCCN1.[O-]ON=NCC1=NCCN1.[O-]ONN=CC1=NCCN1. The van der Waals surface area contributed by atoms with Gasteiger partial charge in [-0.15, -0.1) is 24.7 Å². The van der Waals surface area contributed by atoms with Crippen molar-refractivity contribution < 1.29 is 35.9 Å². The predicted molar refractivity (Wildman–Crippen MR) is 180 cm³/mol. The largest absolute Gasteiger partial charge is 0.697 e. The molecule has 1 unspecified atom stereocenters. The molecule has 5 rings (SSSR count). The lowest BCUT2D eigenvalue weighted by Gasteiger charge is -2.04. The molecule has 306 valence electrons. The topological polar surface area (TPSA) is 467 Å². The van der Waals surface area contributed by atoms with Gasteiger partial charge in [0.15, 0.2) is 15.9 Å². The van der Waals surface area contributed by atoms with Crippen LogP contribution in [0.3, 0.4) is 0 Å². The first-order chi connectivity index (χ1) is 26.1. The number of rotatable bonds is 12. The number of aliphatic imine (C=N–C) groups is 2. The summed E-state index contributed by atoms with van der Waals surface area (Å²) in [6.45, 7) is 13.5. The second-order valence-electron chi connectivity index (χ2n) is 9.40. The number of hydrogen-bond donors (Lipinski definition) is 11. The second-order valence-corrected chi connectivity index (χ2v) is 9.40. The van der Waals surface area contributed by atoms with Crippen molar-refractivity contribution in [2.24, 2.45) is 46.6 Å². The minimum atomic E-state index is -0.888. The average molecular weight is 784 g/mol. The summed E-state index contributed by atoms with van der Waals surface area (Å²) in [6, 6.07) is 0. The summed E-state index contributed by atoms with van der Waals surface area (Å²) in [5.74, 6) is 1.29. The molecule has 5 aliphatic heterocycles. The fraction of sp³-hybridized carbons (Fsp3) is 0.750. The molecule has 5 aliphatic rings. The van der Waals surface area contributed by atoms with Crippen LogP contribution in [0.1, 0.15) is 13.8 Å². The standard InChI is InChI=1S/C4H8N6O4.2C4H8N4O2.2C4H10N2.2N2O2/c11-9(12)7-4(8-10(13)14)3-5-1-2-6-3;2*9-10-8-7-3-4-5-1-2-6-4;2*1-4-5-2-3-6-4;2*3-1-2-4/h5-8H,1-2H2;9H,1-3H2,(H,5,6);3,8-9H,1-2H2,(H,5,6);2*4-6H,2-3H2,1H3;;/p-1. The van der Waals surface area contributed by atoms with Gasteiger partial charge in [-0.3, -0.25) is 15.3 Å². The lowest BCUT2D eigenvalue weighted by Crippen LogP contribution is -2.87. The number of nitro groups is 2. The monoisotopic (exact) mass is 783 g/mol. The smallest absolute Gasteiger partial charge is 0.267 e. The number of quaternary nitrogens is 1. The molecule has 12 N–H and O–H groups in total. The first-order valence-electron chi connectivity index (χ1n) is 15.2. The summed E-state index contributed by atoms with van der Waals surface area (Å²) >= 11 is 0. The van der Waals surface area contributed by atoms with E-state index in [0.29, 0.717) is 37.8 Å². The van der Waals surface area contributed by atoms with Crippen molar-refractivity contribution in [1.29, 1.82) is 0 Å². The zero-order valence-electron chi connectivity index (χ0n) is 28.9. The van der Waals surface area contributed by atoms with Crippen LogP contribution < -0.4 is 69.5 Å². The highest BCUT2D eigenvalue weighted by Crippen LogP contribution is 1.95. The van der Waals surface area contributed by atoms with Crippen LogP contribution in [0, 0.1) is 39.9 Å². The number of nitrogens with zero attached hydrogens (tertiary/aromatic N) is 11. The molecule has 54 heavy (non-hydrogen) atoms. The number of nitrogens with one attached hydrogen (secondary N) is 10. The fourth-order valence-corrected chi connectivity index (χ4v) is 3.59. The molecule has 0 aromatic rings. The maximum Gasteiger partial charge on any atom is 0.267 e. The number of amidine groups is 2. The third kappa shape index (κ3) is 32.9. The summed E-state index contributed by atoms with van der Waals surface area (Å²) in [5.41, 5.74) is 5.12. The minimum Gasteiger partial charge on any atom is -0.697 e. The lowest BCUT2D eigenvalue weighted by atomic mass is 10.6. The summed E-state index contributed by atoms with van der Waals surface area (Å²) in [6.07, 6.45) is 2.60. The van der Waals surface area contributed by atoms with Crippen LogP contribution in [0.25, 0.3) is 0 Å². The van der Waals surface area contributed by atoms with Gasteiger partial charge in [0.2, 0.25) is 0 Å². The van der Waals surface area contributed by atoms with E-state index in [9.17, 15) is 30.7 Å². The van der Waals surface area contributed by atoms with Gasteiger partial charge in [0.25, 0.3) is 5.82 Å². The van der Waals surface area contributed by atoms with E-state index in [1.807, 2.05) is 0 Å². The van der Waals surface area contributed by atoms with Crippen LogP contribution in [0.4, 0.5) is 0 Å². The van der Waals surface area contributed by atoms with E-state index in [0.717, 1.165) is 45.1 Å². The molecule has 3 fully saturated rings. The Labute approximate surface area is 304 Å². The molecule has 1 atom stereocenters.